The minimum Gasteiger partial charge on any atom is -0.493 e. The summed E-state index contributed by atoms with van der Waals surface area (Å²) < 4.78 is 5.97. The monoisotopic (exact) mass is 348 g/mol. The lowest BCUT2D eigenvalue weighted by atomic mass is 9.78. The summed E-state index contributed by atoms with van der Waals surface area (Å²) in [5, 5.41) is 12.9. The van der Waals surface area contributed by atoms with Gasteiger partial charge >= 0.3 is 6.09 Å². The molecule has 1 unspecified atom stereocenters. The van der Waals surface area contributed by atoms with E-state index in [0.717, 1.165) is 27.6 Å². The van der Waals surface area contributed by atoms with Gasteiger partial charge < -0.3 is 15.2 Å². The van der Waals surface area contributed by atoms with E-state index in [4.69, 9.17) is 4.74 Å². The van der Waals surface area contributed by atoms with Crippen LogP contribution in [0.2, 0.25) is 0 Å². The van der Waals surface area contributed by atoms with Crippen LogP contribution in [-0.4, -0.2) is 22.8 Å². The summed E-state index contributed by atoms with van der Waals surface area (Å²) in [4.78, 5) is 15.8. The second-order valence-electron chi connectivity index (χ2n) is 7.29. The number of carbonyl (C=O) groups is 1. The van der Waals surface area contributed by atoms with Crippen LogP contribution in [0.15, 0.2) is 54.7 Å². The fourth-order valence-electron chi connectivity index (χ4n) is 3.57. The van der Waals surface area contributed by atoms with Crippen molar-refractivity contribution in [2.45, 2.75) is 19.9 Å². The lowest BCUT2D eigenvalue weighted by Crippen LogP contribution is -2.43. The Balaban J connectivity index is 1.82. The van der Waals surface area contributed by atoms with Gasteiger partial charge in [0.05, 0.1) is 18.2 Å². The number of benzene rings is 2. The van der Waals surface area contributed by atoms with Crippen LogP contribution in [0.3, 0.4) is 0 Å². The zero-order valence-corrected chi connectivity index (χ0v) is 14.7. The second kappa shape index (κ2) is 6.02. The van der Waals surface area contributed by atoms with E-state index in [2.05, 4.69) is 10.3 Å². The molecule has 2 aromatic carbocycles. The standard InChI is InChI=1S/C21H20N2O3/c1-21(2)12-26-17-11-14(8-9-16(17)19(21)23-20(24)25)15-7-3-5-13-6-4-10-22-18(13)15/h3-11,19,23H,12H2,1-2H3,(H,24,25). The van der Waals surface area contributed by atoms with Gasteiger partial charge in [0.2, 0.25) is 0 Å². The van der Waals surface area contributed by atoms with Crippen molar-refractivity contribution in [3.05, 3.63) is 60.3 Å². The number of ether oxygens (including phenoxy) is 1. The van der Waals surface area contributed by atoms with E-state index >= 15 is 0 Å². The third-order valence-electron chi connectivity index (χ3n) is 4.92. The zero-order chi connectivity index (χ0) is 18.3. The van der Waals surface area contributed by atoms with Crippen LogP contribution in [0, 0.1) is 5.41 Å². The molecule has 1 aliphatic heterocycles. The first-order chi connectivity index (χ1) is 12.5. The predicted octanol–water partition coefficient (Wildman–Crippen LogP) is 4.63. The molecule has 0 saturated heterocycles. The van der Waals surface area contributed by atoms with Crippen LogP contribution < -0.4 is 10.1 Å². The molecule has 3 aromatic rings. The number of para-hydroxylation sites is 1. The number of amides is 1. The lowest BCUT2D eigenvalue weighted by Gasteiger charge is -2.39. The fraction of sp³-hybridized carbons (Fsp3) is 0.238. The van der Waals surface area contributed by atoms with Gasteiger partial charge in [-0.25, -0.2) is 4.79 Å². The van der Waals surface area contributed by atoms with E-state index < -0.39 is 6.09 Å². The van der Waals surface area contributed by atoms with Gasteiger partial charge in [-0.15, -0.1) is 0 Å². The van der Waals surface area contributed by atoms with Crippen LogP contribution in [0.25, 0.3) is 22.0 Å². The molecule has 0 aliphatic carbocycles. The fourth-order valence-corrected chi connectivity index (χ4v) is 3.57. The minimum absolute atomic E-state index is 0.316. The number of hydrogen-bond acceptors (Lipinski definition) is 3. The molecule has 0 radical (unpaired) electrons. The minimum atomic E-state index is -1.03. The molecule has 2 N–H and O–H groups in total. The summed E-state index contributed by atoms with van der Waals surface area (Å²) in [6, 6.07) is 15.7. The molecule has 0 bridgehead atoms. The van der Waals surface area contributed by atoms with Gasteiger partial charge in [-0.1, -0.05) is 50.2 Å². The highest BCUT2D eigenvalue weighted by molar-refractivity contribution is 5.93. The molecule has 0 fully saturated rings. The Morgan fingerprint density at radius 1 is 1.23 bits per heavy atom. The Kier molecular flexibility index (Phi) is 3.80. The van der Waals surface area contributed by atoms with E-state index in [-0.39, 0.29) is 11.5 Å². The topological polar surface area (TPSA) is 71.5 Å². The number of carboxylic acid groups (broad SMARTS) is 1. The molecular formula is C21H20N2O3. The number of pyridine rings is 1. The third-order valence-corrected chi connectivity index (χ3v) is 4.92. The zero-order valence-electron chi connectivity index (χ0n) is 14.7. The summed E-state index contributed by atoms with van der Waals surface area (Å²) in [6.45, 7) is 4.44. The molecule has 1 amide bonds. The molecule has 4 rings (SSSR count). The number of hydrogen-bond donors (Lipinski definition) is 2. The molecule has 132 valence electrons. The van der Waals surface area contributed by atoms with Gasteiger partial charge in [-0.3, -0.25) is 4.98 Å². The van der Waals surface area contributed by atoms with Gasteiger partial charge in [0.1, 0.15) is 5.75 Å². The largest absolute Gasteiger partial charge is 0.493 e. The summed E-state index contributed by atoms with van der Waals surface area (Å²) in [5.41, 5.74) is 3.50. The van der Waals surface area contributed by atoms with Crippen LogP contribution in [0.1, 0.15) is 25.5 Å². The van der Waals surface area contributed by atoms with E-state index in [0.29, 0.717) is 12.4 Å². The van der Waals surface area contributed by atoms with Crippen molar-refractivity contribution in [1.29, 1.82) is 0 Å². The molecule has 1 aromatic heterocycles. The predicted molar refractivity (Wildman–Crippen MR) is 100 cm³/mol. The van der Waals surface area contributed by atoms with Gasteiger partial charge in [-0.2, -0.15) is 0 Å². The molecule has 1 atom stereocenters. The van der Waals surface area contributed by atoms with Crippen LogP contribution in [0.4, 0.5) is 4.79 Å². The SMILES string of the molecule is CC1(C)COc2cc(-c3cccc4cccnc34)ccc2C1NC(=O)O. The molecule has 0 spiro atoms. The Bertz CT molecular complexity index is 992. The maximum absolute atomic E-state index is 11.2. The van der Waals surface area contributed by atoms with E-state index in [1.807, 2.05) is 62.4 Å². The summed E-state index contributed by atoms with van der Waals surface area (Å²) in [6.07, 6.45) is 0.758. The molecule has 5 nitrogen and oxygen atoms in total. The van der Waals surface area contributed by atoms with E-state index in [1.165, 1.54) is 0 Å². The lowest BCUT2D eigenvalue weighted by molar-refractivity contribution is 0.0996. The Hall–Kier alpha value is -3.08. The van der Waals surface area contributed by atoms with Gasteiger partial charge in [-0.05, 0) is 17.7 Å². The van der Waals surface area contributed by atoms with Crippen molar-refractivity contribution in [3.8, 4) is 16.9 Å². The summed E-state index contributed by atoms with van der Waals surface area (Å²) >= 11 is 0. The van der Waals surface area contributed by atoms with E-state index in [9.17, 15) is 9.90 Å². The highest BCUT2D eigenvalue weighted by Gasteiger charge is 2.38. The first kappa shape index (κ1) is 16.4. The van der Waals surface area contributed by atoms with Crippen molar-refractivity contribution in [2.75, 3.05) is 6.61 Å². The maximum atomic E-state index is 11.2. The van der Waals surface area contributed by atoms with Crippen molar-refractivity contribution < 1.29 is 14.6 Å². The number of nitrogens with zero attached hydrogens (tertiary/aromatic N) is 1. The van der Waals surface area contributed by atoms with Crippen molar-refractivity contribution in [1.82, 2.24) is 10.3 Å². The summed E-state index contributed by atoms with van der Waals surface area (Å²) in [5.74, 6) is 0.716. The Labute approximate surface area is 151 Å². The van der Waals surface area contributed by atoms with Crippen LogP contribution in [0.5, 0.6) is 5.75 Å². The molecule has 0 saturated carbocycles. The average Bonchev–Trinajstić information content (AvgIpc) is 2.63. The second-order valence-corrected chi connectivity index (χ2v) is 7.29. The first-order valence-corrected chi connectivity index (χ1v) is 8.56. The number of nitrogens with one attached hydrogen (secondary N) is 1. The van der Waals surface area contributed by atoms with Crippen LogP contribution >= 0.6 is 0 Å². The van der Waals surface area contributed by atoms with Gasteiger partial charge in [0.25, 0.3) is 0 Å². The summed E-state index contributed by atoms with van der Waals surface area (Å²) in [7, 11) is 0. The first-order valence-electron chi connectivity index (χ1n) is 8.56. The van der Waals surface area contributed by atoms with E-state index in [1.54, 1.807) is 6.20 Å². The van der Waals surface area contributed by atoms with Crippen LogP contribution in [-0.2, 0) is 0 Å². The molecule has 5 heteroatoms. The number of fused-ring (bicyclic) bond motifs is 2. The van der Waals surface area contributed by atoms with Gasteiger partial charge in [0.15, 0.2) is 0 Å². The Morgan fingerprint density at radius 3 is 2.85 bits per heavy atom. The van der Waals surface area contributed by atoms with Crippen molar-refractivity contribution >= 4 is 17.0 Å². The van der Waals surface area contributed by atoms with Gasteiger partial charge in [0, 0.05) is 28.1 Å². The van der Waals surface area contributed by atoms with Crippen molar-refractivity contribution in [3.63, 3.8) is 0 Å². The Morgan fingerprint density at radius 2 is 2.04 bits per heavy atom. The number of rotatable bonds is 2. The molecule has 1 aliphatic rings. The normalized spacial score (nSPS) is 18.0. The maximum Gasteiger partial charge on any atom is 0.405 e. The van der Waals surface area contributed by atoms with Crippen molar-refractivity contribution in [2.24, 2.45) is 5.41 Å². The third kappa shape index (κ3) is 2.75. The average molecular weight is 348 g/mol. The molecular weight excluding hydrogens is 328 g/mol. The molecule has 26 heavy (non-hydrogen) atoms. The highest BCUT2D eigenvalue weighted by Crippen LogP contribution is 2.44. The smallest absolute Gasteiger partial charge is 0.405 e. The molecule has 2 heterocycles. The quantitative estimate of drug-likeness (QED) is 0.708. The number of aromatic nitrogens is 1. The highest BCUT2D eigenvalue weighted by atomic mass is 16.5.